The van der Waals surface area contributed by atoms with Crippen LogP contribution in [-0.2, 0) is 4.79 Å². The fraction of sp³-hybridized carbons (Fsp3) is 0.0714. The van der Waals surface area contributed by atoms with Crippen molar-refractivity contribution < 1.29 is 9.53 Å². The van der Waals surface area contributed by atoms with Crippen molar-refractivity contribution in [3.05, 3.63) is 42.0 Å². The highest BCUT2D eigenvalue weighted by Gasteiger charge is 2.11. The van der Waals surface area contributed by atoms with Gasteiger partial charge in [-0.05, 0) is 24.3 Å². The number of nitrogen functional groups attached to an aromatic ring is 1. The van der Waals surface area contributed by atoms with Crippen LogP contribution in [0.5, 0.6) is 5.75 Å². The Kier molecular flexibility index (Phi) is 3.44. The third-order valence-electron chi connectivity index (χ3n) is 2.40. The van der Waals surface area contributed by atoms with Crippen molar-refractivity contribution in [2.75, 3.05) is 5.73 Å². The van der Waals surface area contributed by atoms with Gasteiger partial charge in [-0.1, -0.05) is 12.1 Å². The summed E-state index contributed by atoms with van der Waals surface area (Å²) in [5.41, 5.74) is 7.25. The van der Waals surface area contributed by atoms with Gasteiger partial charge in [0, 0.05) is 12.5 Å². The van der Waals surface area contributed by atoms with Gasteiger partial charge in [-0.3, -0.25) is 4.79 Å². The quantitative estimate of drug-likeness (QED) is 0.828. The maximum atomic E-state index is 11.1. The molecule has 2 rings (SSSR count). The largest absolute Gasteiger partial charge is 0.424 e. The Balaban J connectivity index is 2.56. The highest BCUT2D eigenvalue weighted by atomic mass is 16.5. The number of nitrogens with two attached hydrogens (primary N) is 1. The Bertz CT molecular complexity index is 675. The van der Waals surface area contributed by atoms with E-state index in [1.165, 1.54) is 6.92 Å². The molecule has 0 unspecified atom stereocenters. The van der Waals surface area contributed by atoms with Crippen molar-refractivity contribution in [3.63, 3.8) is 0 Å². The molecule has 0 saturated carbocycles. The van der Waals surface area contributed by atoms with E-state index in [0.717, 1.165) is 0 Å². The molecule has 0 amide bonds. The average molecular weight is 253 g/mol. The van der Waals surface area contributed by atoms with E-state index in [1.54, 1.807) is 36.4 Å². The second-order valence-corrected chi connectivity index (χ2v) is 3.87. The summed E-state index contributed by atoms with van der Waals surface area (Å²) in [5, 5.41) is 8.90. The number of nitrogens with zero attached hydrogens (tertiary/aromatic N) is 2. The number of esters is 1. The second-order valence-electron chi connectivity index (χ2n) is 3.87. The van der Waals surface area contributed by atoms with Crippen molar-refractivity contribution in [1.82, 2.24) is 4.98 Å². The lowest BCUT2D eigenvalue weighted by molar-refractivity contribution is -0.131. The molecule has 0 fully saturated rings. The number of rotatable bonds is 2. The van der Waals surface area contributed by atoms with Crippen LogP contribution in [-0.4, -0.2) is 11.0 Å². The molecule has 0 atom stereocenters. The third-order valence-corrected chi connectivity index (χ3v) is 2.40. The Labute approximate surface area is 110 Å². The Hall–Kier alpha value is -2.87. The van der Waals surface area contributed by atoms with Crippen LogP contribution in [0.3, 0.4) is 0 Å². The topological polar surface area (TPSA) is 89.0 Å². The number of hydrogen-bond donors (Lipinski definition) is 1. The van der Waals surface area contributed by atoms with E-state index >= 15 is 0 Å². The molecule has 1 heterocycles. The van der Waals surface area contributed by atoms with Crippen LogP contribution >= 0.6 is 0 Å². The predicted octanol–water partition coefficient (Wildman–Crippen LogP) is 2.13. The average Bonchev–Trinajstić information content (AvgIpc) is 2.40. The molecule has 5 nitrogen and oxygen atoms in total. The Morgan fingerprint density at radius 1 is 1.37 bits per heavy atom. The number of carbonyl (C=O) groups excluding carboxylic acids is 1. The number of ether oxygens (including phenoxy) is 1. The number of anilines is 1. The zero-order valence-electron chi connectivity index (χ0n) is 10.3. The van der Waals surface area contributed by atoms with E-state index in [4.69, 9.17) is 15.7 Å². The molecule has 0 radical (unpaired) electrons. The second kappa shape index (κ2) is 5.19. The van der Waals surface area contributed by atoms with Crippen LogP contribution in [0.2, 0.25) is 0 Å². The summed E-state index contributed by atoms with van der Waals surface area (Å²) in [4.78, 5) is 15.2. The molecule has 0 spiro atoms. The summed E-state index contributed by atoms with van der Waals surface area (Å²) in [6.45, 7) is 1.31. The first-order valence-corrected chi connectivity index (χ1v) is 5.55. The fourth-order valence-electron chi connectivity index (χ4n) is 1.64. The van der Waals surface area contributed by atoms with Crippen LogP contribution in [0.1, 0.15) is 12.5 Å². The van der Waals surface area contributed by atoms with E-state index in [9.17, 15) is 4.79 Å². The molecule has 0 aliphatic heterocycles. The molecule has 0 bridgehead atoms. The Morgan fingerprint density at radius 2 is 2.16 bits per heavy atom. The maximum absolute atomic E-state index is 11.1. The molecular formula is C14H11N3O2. The molecule has 0 aliphatic rings. The van der Waals surface area contributed by atoms with Crippen molar-refractivity contribution in [3.8, 4) is 23.1 Å². The fourth-order valence-corrected chi connectivity index (χ4v) is 1.64. The molecule has 0 saturated heterocycles. The highest BCUT2D eigenvalue weighted by molar-refractivity contribution is 5.75. The number of aromatic nitrogens is 1. The minimum atomic E-state index is -0.441. The number of pyridine rings is 1. The number of carbonyl (C=O) groups is 1. The lowest BCUT2D eigenvalue weighted by Gasteiger charge is -2.09. The monoisotopic (exact) mass is 253 g/mol. The molecule has 5 heteroatoms. The molecule has 2 aromatic rings. The smallest absolute Gasteiger partial charge is 0.308 e. The zero-order valence-corrected chi connectivity index (χ0v) is 10.3. The molecular weight excluding hydrogens is 242 g/mol. The summed E-state index contributed by atoms with van der Waals surface area (Å²) in [5.74, 6) is 0.189. The van der Waals surface area contributed by atoms with Gasteiger partial charge in [0.05, 0.1) is 11.6 Å². The van der Waals surface area contributed by atoms with Crippen LogP contribution in [0, 0.1) is 11.3 Å². The van der Waals surface area contributed by atoms with Gasteiger partial charge in [0.15, 0.2) is 5.75 Å². The highest BCUT2D eigenvalue weighted by Crippen LogP contribution is 2.29. The first-order valence-electron chi connectivity index (χ1n) is 5.55. The molecule has 1 aromatic heterocycles. The van der Waals surface area contributed by atoms with Gasteiger partial charge in [0.25, 0.3) is 0 Å². The van der Waals surface area contributed by atoms with Crippen molar-refractivity contribution in [1.29, 1.82) is 5.26 Å². The summed E-state index contributed by atoms with van der Waals surface area (Å²) in [6, 6.07) is 12.0. The summed E-state index contributed by atoms with van der Waals surface area (Å²) in [6.07, 6.45) is 0. The van der Waals surface area contributed by atoms with Gasteiger partial charge in [0.1, 0.15) is 11.5 Å². The van der Waals surface area contributed by atoms with Crippen LogP contribution < -0.4 is 10.5 Å². The lowest BCUT2D eigenvalue weighted by Crippen LogP contribution is -2.04. The van der Waals surface area contributed by atoms with Crippen molar-refractivity contribution in [2.45, 2.75) is 6.92 Å². The predicted molar refractivity (Wildman–Crippen MR) is 70.1 cm³/mol. The molecule has 2 N–H and O–H groups in total. The van der Waals surface area contributed by atoms with Gasteiger partial charge in [0.2, 0.25) is 0 Å². The van der Waals surface area contributed by atoms with Gasteiger partial charge in [-0.15, -0.1) is 0 Å². The SMILES string of the molecule is CC(=O)Oc1ccc(N)nc1-c1cccc(C#N)c1. The molecule has 1 aromatic carbocycles. The normalized spacial score (nSPS) is 9.68. The molecule has 94 valence electrons. The van der Waals surface area contributed by atoms with E-state index in [2.05, 4.69) is 4.98 Å². The third kappa shape index (κ3) is 2.87. The minimum absolute atomic E-state index is 0.313. The number of benzene rings is 1. The van der Waals surface area contributed by atoms with E-state index < -0.39 is 5.97 Å². The first kappa shape index (κ1) is 12.6. The van der Waals surface area contributed by atoms with E-state index in [1.807, 2.05) is 6.07 Å². The molecule has 0 aliphatic carbocycles. The zero-order chi connectivity index (χ0) is 13.8. The van der Waals surface area contributed by atoms with Crippen LogP contribution in [0.15, 0.2) is 36.4 Å². The van der Waals surface area contributed by atoms with Gasteiger partial charge < -0.3 is 10.5 Å². The minimum Gasteiger partial charge on any atom is -0.424 e. The molecule has 19 heavy (non-hydrogen) atoms. The van der Waals surface area contributed by atoms with Gasteiger partial charge >= 0.3 is 5.97 Å². The first-order chi connectivity index (χ1) is 9.10. The van der Waals surface area contributed by atoms with E-state index in [0.29, 0.717) is 28.4 Å². The summed E-state index contributed by atoms with van der Waals surface area (Å²) in [7, 11) is 0. The standard InChI is InChI=1S/C14H11N3O2/c1-9(18)19-12-5-6-13(16)17-14(12)11-4-2-3-10(7-11)8-15/h2-7H,1H3,(H2,16,17). The van der Waals surface area contributed by atoms with Crippen molar-refractivity contribution >= 4 is 11.8 Å². The van der Waals surface area contributed by atoms with Crippen molar-refractivity contribution in [2.24, 2.45) is 0 Å². The number of nitriles is 1. The van der Waals surface area contributed by atoms with Gasteiger partial charge in [-0.25, -0.2) is 4.98 Å². The maximum Gasteiger partial charge on any atom is 0.308 e. The lowest BCUT2D eigenvalue weighted by atomic mass is 10.1. The van der Waals surface area contributed by atoms with Crippen LogP contribution in [0.25, 0.3) is 11.3 Å². The summed E-state index contributed by atoms with van der Waals surface area (Å²) >= 11 is 0. The van der Waals surface area contributed by atoms with Crippen LogP contribution in [0.4, 0.5) is 5.82 Å². The summed E-state index contributed by atoms with van der Waals surface area (Å²) < 4.78 is 5.09. The Morgan fingerprint density at radius 3 is 2.84 bits per heavy atom. The number of hydrogen-bond acceptors (Lipinski definition) is 5. The van der Waals surface area contributed by atoms with E-state index in [-0.39, 0.29) is 0 Å². The van der Waals surface area contributed by atoms with Gasteiger partial charge in [-0.2, -0.15) is 5.26 Å².